The lowest BCUT2D eigenvalue weighted by atomic mass is 9.79. The summed E-state index contributed by atoms with van der Waals surface area (Å²) >= 11 is 0. The van der Waals surface area contributed by atoms with Gasteiger partial charge >= 0.3 is 0 Å². The predicted octanol–water partition coefficient (Wildman–Crippen LogP) is 4.51. The van der Waals surface area contributed by atoms with E-state index < -0.39 is 0 Å². The number of aromatic nitrogens is 1. The van der Waals surface area contributed by atoms with E-state index in [1.54, 1.807) is 6.26 Å². The van der Waals surface area contributed by atoms with E-state index in [9.17, 15) is 0 Å². The fourth-order valence-corrected chi connectivity index (χ4v) is 3.30. The van der Waals surface area contributed by atoms with Gasteiger partial charge in [-0.05, 0) is 36.8 Å². The number of benzene rings is 1. The van der Waals surface area contributed by atoms with Gasteiger partial charge in [-0.1, -0.05) is 37.2 Å². The third kappa shape index (κ3) is 2.39. The van der Waals surface area contributed by atoms with E-state index in [4.69, 9.17) is 14.2 Å². The van der Waals surface area contributed by atoms with Crippen molar-refractivity contribution in [3.05, 3.63) is 65.7 Å². The molecule has 24 heavy (non-hydrogen) atoms. The SMILES string of the molecule is Cc1cc(CC2ON=C(c3ccco3)C2(C)C)nc2ccccc12. The molecule has 0 saturated heterocycles. The third-order valence-electron chi connectivity index (χ3n) is 4.81. The van der Waals surface area contributed by atoms with Crippen molar-refractivity contribution in [2.75, 3.05) is 0 Å². The molecule has 0 N–H and O–H groups in total. The van der Waals surface area contributed by atoms with Crippen molar-refractivity contribution in [3.8, 4) is 0 Å². The maximum atomic E-state index is 5.75. The van der Waals surface area contributed by atoms with Gasteiger partial charge in [-0.25, -0.2) is 0 Å². The number of hydrogen-bond donors (Lipinski definition) is 0. The zero-order valence-corrected chi connectivity index (χ0v) is 14.1. The molecule has 1 aliphatic heterocycles. The Kier molecular flexibility index (Phi) is 3.41. The van der Waals surface area contributed by atoms with Gasteiger partial charge in [0, 0.05) is 17.5 Å². The van der Waals surface area contributed by atoms with E-state index >= 15 is 0 Å². The molecular formula is C20H20N2O2. The second-order valence-corrected chi connectivity index (χ2v) is 6.88. The molecule has 1 unspecified atom stereocenters. The molecule has 0 saturated carbocycles. The minimum absolute atomic E-state index is 0.0642. The van der Waals surface area contributed by atoms with Crippen molar-refractivity contribution in [1.82, 2.24) is 4.98 Å². The van der Waals surface area contributed by atoms with Gasteiger partial charge in [-0.3, -0.25) is 4.98 Å². The van der Waals surface area contributed by atoms with Crippen molar-refractivity contribution in [2.24, 2.45) is 10.6 Å². The Hall–Kier alpha value is -2.62. The predicted molar refractivity (Wildman–Crippen MR) is 94.1 cm³/mol. The number of hydrogen-bond acceptors (Lipinski definition) is 4. The molecule has 1 atom stereocenters. The highest BCUT2D eigenvalue weighted by molar-refractivity contribution is 6.03. The first kappa shape index (κ1) is 14.9. The van der Waals surface area contributed by atoms with Gasteiger partial charge in [-0.15, -0.1) is 0 Å². The van der Waals surface area contributed by atoms with Crippen LogP contribution in [0.4, 0.5) is 0 Å². The summed E-state index contributed by atoms with van der Waals surface area (Å²) in [6.45, 7) is 6.40. The van der Waals surface area contributed by atoms with Crippen LogP contribution >= 0.6 is 0 Å². The summed E-state index contributed by atoms with van der Waals surface area (Å²) in [5, 5.41) is 5.48. The Bertz CT molecular complexity index is 911. The number of rotatable bonds is 3. The largest absolute Gasteiger partial charge is 0.463 e. The van der Waals surface area contributed by atoms with E-state index in [1.807, 2.05) is 24.3 Å². The van der Waals surface area contributed by atoms with Gasteiger partial charge in [0.15, 0.2) is 5.76 Å². The Balaban J connectivity index is 1.63. The summed E-state index contributed by atoms with van der Waals surface area (Å²) < 4.78 is 5.50. The first-order chi connectivity index (χ1) is 11.6. The van der Waals surface area contributed by atoms with Crippen LogP contribution in [0.3, 0.4) is 0 Å². The molecule has 1 aromatic carbocycles. The zero-order chi connectivity index (χ0) is 16.7. The van der Waals surface area contributed by atoms with Gasteiger partial charge in [0.05, 0.1) is 17.2 Å². The summed E-state index contributed by atoms with van der Waals surface area (Å²) in [6, 6.07) is 14.2. The third-order valence-corrected chi connectivity index (χ3v) is 4.81. The average Bonchev–Trinajstić information content (AvgIpc) is 3.16. The highest BCUT2D eigenvalue weighted by Crippen LogP contribution is 2.36. The minimum atomic E-state index is -0.237. The number of aryl methyl sites for hydroxylation is 1. The lowest BCUT2D eigenvalue weighted by Crippen LogP contribution is -2.34. The normalized spacial score (nSPS) is 19.3. The van der Waals surface area contributed by atoms with Crippen molar-refractivity contribution in [3.63, 3.8) is 0 Å². The fourth-order valence-electron chi connectivity index (χ4n) is 3.30. The molecule has 4 rings (SSSR count). The summed E-state index contributed by atoms with van der Waals surface area (Å²) in [7, 11) is 0. The standard InChI is InChI=1S/C20H20N2O2/c1-13-11-14(21-16-8-5-4-7-15(13)16)12-18-20(2,3)19(22-24-18)17-9-6-10-23-17/h4-11,18H,12H2,1-3H3. The monoisotopic (exact) mass is 320 g/mol. The Labute approximate surface area is 141 Å². The van der Waals surface area contributed by atoms with E-state index in [1.165, 1.54) is 10.9 Å². The average molecular weight is 320 g/mol. The lowest BCUT2D eigenvalue weighted by Gasteiger charge is -2.25. The number of furan rings is 1. The van der Waals surface area contributed by atoms with E-state index in [-0.39, 0.29) is 11.5 Å². The molecule has 3 aromatic rings. The van der Waals surface area contributed by atoms with Crippen LogP contribution < -0.4 is 0 Å². The molecule has 0 bridgehead atoms. The Morgan fingerprint density at radius 1 is 1.12 bits per heavy atom. The van der Waals surface area contributed by atoms with Gasteiger partial charge in [0.1, 0.15) is 11.8 Å². The molecule has 0 spiro atoms. The molecule has 122 valence electrons. The molecule has 0 radical (unpaired) electrons. The van der Waals surface area contributed by atoms with Crippen molar-refractivity contribution < 1.29 is 9.25 Å². The maximum Gasteiger partial charge on any atom is 0.152 e. The quantitative estimate of drug-likeness (QED) is 0.713. The van der Waals surface area contributed by atoms with E-state index in [0.717, 1.165) is 22.7 Å². The van der Waals surface area contributed by atoms with Crippen LogP contribution in [0.25, 0.3) is 10.9 Å². The molecule has 0 fully saturated rings. The van der Waals surface area contributed by atoms with Gasteiger partial charge in [0.25, 0.3) is 0 Å². The smallest absolute Gasteiger partial charge is 0.152 e. The first-order valence-electron chi connectivity index (χ1n) is 8.19. The molecule has 4 nitrogen and oxygen atoms in total. The number of para-hydroxylation sites is 1. The van der Waals surface area contributed by atoms with Crippen LogP contribution in [-0.4, -0.2) is 16.8 Å². The molecular weight excluding hydrogens is 300 g/mol. The first-order valence-corrected chi connectivity index (χ1v) is 8.19. The van der Waals surface area contributed by atoms with Crippen molar-refractivity contribution in [2.45, 2.75) is 33.3 Å². The van der Waals surface area contributed by atoms with Crippen molar-refractivity contribution in [1.29, 1.82) is 0 Å². The second-order valence-electron chi connectivity index (χ2n) is 6.88. The minimum Gasteiger partial charge on any atom is -0.463 e. The van der Waals surface area contributed by atoms with Crippen molar-refractivity contribution >= 4 is 16.6 Å². The van der Waals surface area contributed by atoms with Crippen LogP contribution in [0.2, 0.25) is 0 Å². The van der Waals surface area contributed by atoms with Crippen LogP contribution in [0.5, 0.6) is 0 Å². The highest BCUT2D eigenvalue weighted by Gasteiger charge is 2.44. The topological polar surface area (TPSA) is 47.6 Å². The van der Waals surface area contributed by atoms with E-state index in [0.29, 0.717) is 6.42 Å². The summed E-state index contributed by atoms with van der Waals surface area (Å²) in [5.41, 5.74) is 3.91. The van der Waals surface area contributed by atoms with Crippen LogP contribution in [0.1, 0.15) is 30.9 Å². The second kappa shape index (κ2) is 5.48. The molecule has 3 heterocycles. The molecule has 1 aliphatic rings. The molecule has 4 heteroatoms. The Morgan fingerprint density at radius 2 is 1.96 bits per heavy atom. The molecule has 0 amide bonds. The van der Waals surface area contributed by atoms with Gasteiger partial charge in [-0.2, -0.15) is 0 Å². The molecule has 0 aliphatic carbocycles. The van der Waals surface area contributed by atoms with Gasteiger partial charge < -0.3 is 9.25 Å². The zero-order valence-electron chi connectivity index (χ0n) is 14.1. The number of pyridine rings is 1. The van der Waals surface area contributed by atoms with Crippen LogP contribution in [0.15, 0.2) is 58.3 Å². The maximum absolute atomic E-state index is 5.75. The molecule has 2 aromatic heterocycles. The van der Waals surface area contributed by atoms with E-state index in [2.05, 4.69) is 44.1 Å². The lowest BCUT2D eigenvalue weighted by molar-refractivity contribution is 0.0365. The fraction of sp³-hybridized carbons (Fsp3) is 0.300. The van der Waals surface area contributed by atoms with Crippen LogP contribution in [-0.2, 0) is 11.3 Å². The van der Waals surface area contributed by atoms with Gasteiger partial charge in [0.2, 0.25) is 0 Å². The number of fused-ring (bicyclic) bond motifs is 1. The number of nitrogens with zero attached hydrogens (tertiary/aromatic N) is 2. The summed E-state index contributed by atoms with van der Waals surface area (Å²) in [6.07, 6.45) is 2.31. The summed E-state index contributed by atoms with van der Waals surface area (Å²) in [4.78, 5) is 10.5. The number of oxime groups is 1. The summed E-state index contributed by atoms with van der Waals surface area (Å²) in [5.74, 6) is 0.769. The van der Waals surface area contributed by atoms with Crippen LogP contribution in [0, 0.1) is 12.3 Å². The highest BCUT2D eigenvalue weighted by atomic mass is 16.6. The Morgan fingerprint density at radius 3 is 2.75 bits per heavy atom.